The van der Waals surface area contributed by atoms with Crippen molar-refractivity contribution in [2.75, 3.05) is 18.1 Å². The molecular formula is C13H17N3O2S. The second-order valence-electron chi connectivity index (χ2n) is 4.34. The van der Waals surface area contributed by atoms with Gasteiger partial charge in [-0.2, -0.15) is 11.8 Å². The van der Waals surface area contributed by atoms with Gasteiger partial charge in [-0.15, -0.1) is 0 Å². The van der Waals surface area contributed by atoms with E-state index >= 15 is 0 Å². The van der Waals surface area contributed by atoms with Crippen LogP contribution in [-0.2, 0) is 16.0 Å². The van der Waals surface area contributed by atoms with Gasteiger partial charge in [-0.05, 0) is 24.1 Å². The third kappa shape index (κ3) is 4.55. The number of nitrogens with zero attached hydrogens (tertiary/aromatic N) is 1. The molecule has 0 saturated carbocycles. The molecule has 0 bridgehead atoms. The Morgan fingerprint density at radius 3 is 3.05 bits per heavy atom. The molecule has 0 spiro atoms. The molecule has 1 atom stereocenters. The lowest BCUT2D eigenvalue weighted by molar-refractivity contribution is -0.128. The predicted molar refractivity (Wildman–Crippen MR) is 74.8 cm³/mol. The Labute approximate surface area is 116 Å². The fraction of sp³-hybridized carbons (Fsp3) is 0.462. The number of aromatic nitrogens is 1. The summed E-state index contributed by atoms with van der Waals surface area (Å²) in [5.41, 5.74) is 1.13. The summed E-state index contributed by atoms with van der Waals surface area (Å²) >= 11 is 1.63. The Kier molecular flexibility index (Phi) is 5.20. The van der Waals surface area contributed by atoms with Crippen LogP contribution in [0.2, 0.25) is 0 Å². The van der Waals surface area contributed by atoms with Gasteiger partial charge in [0, 0.05) is 36.9 Å². The molecule has 5 nitrogen and oxygen atoms in total. The summed E-state index contributed by atoms with van der Waals surface area (Å²) in [6, 6.07) is 3.45. The van der Waals surface area contributed by atoms with Gasteiger partial charge in [-0.25, -0.2) is 0 Å². The first-order valence-electron chi connectivity index (χ1n) is 6.29. The van der Waals surface area contributed by atoms with Crippen LogP contribution in [0.4, 0.5) is 0 Å². The summed E-state index contributed by atoms with van der Waals surface area (Å²) in [6.07, 6.45) is 4.73. The quantitative estimate of drug-likeness (QED) is 0.835. The first kappa shape index (κ1) is 13.9. The highest BCUT2D eigenvalue weighted by molar-refractivity contribution is 7.99. The molecule has 1 saturated heterocycles. The molecule has 2 amide bonds. The number of carbonyl (C=O) groups is 2. The van der Waals surface area contributed by atoms with Crippen molar-refractivity contribution in [3.63, 3.8) is 0 Å². The molecule has 1 unspecified atom stereocenters. The third-order valence-electron chi connectivity index (χ3n) is 2.87. The Bertz CT molecular complexity index is 439. The summed E-state index contributed by atoms with van der Waals surface area (Å²) < 4.78 is 0. The molecule has 19 heavy (non-hydrogen) atoms. The van der Waals surface area contributed by atoms with Crippen molar-refractivity contribution < 1.29 is 9.59 Å². The molecule has 2 heterocycles. The van der Waals surface area contributed by atoms with E-state index in [-0.39, 0.29) is 11.8 Å². The van der Waals surface area contributed by atoms with E-state index in [1.807, 2.05) is 12.1 Å². The monoisotopic (exact) mass is 279 g/mol. The topological polar surface area (TPSA) is 71.1 Å². The van der Waals surface area contributed by atoms with E-state index in [1.165, 1.54) is 0 Å². The minimum atomic E-state index is -0.405. The Morgan fingerprint density at radius 1 is 1.47 bits per heavy atom. The van der Waals surface area contributed by atoms with Crippen LogP contribution >= 0.6 is 11.8 Å². The maximum atomic E-state index is 11.9. The highest BCUT2D eigenvalue weighted by atomic mass is 32.2. The number of hydrogen-bond acceptors (Lipinski definition) is 4. The van der Waals surface area contributed by atoms with Gasteiger partial charge in [0.1, 0.15) is 6.04 Å². The van der Waals surface area contributed by atoms with E-state index in [1.54, 1.807) is 24.2 Å². The number of pyridine rings is 1. The van der Waals surface area contributed by atoms with Crippen LogP contribution in [0.3, 0.4) is 0 Å². The molecule has 6 heteroatoms. The average Bonchev–Trinajstić information content (AvgIpc) is 2.64. The summed E-state index contributed by atoms with van der Waals surface area (Å²) in [5, 5.41) is 5.61. The predicted octanol–water partition coefficient (Wildman–Crippen LogP) is 0.362. The number of thioether (sulfide) groups is 1. The number of rotatable bonds is 4. The number of nitrogens with one attached hydrogen (secondary N) is 2. The van der Waals surface area contributed by atoms with Gasteiger partial charge in [0.05, 0.1) is 0 Å². The van der Waals surface area contributed by atoms with E-state index in [9.17, 15) is 9.59 Å². The zero-order chi connectivity index (χ0) is 13.5. The minimum Gasteiger partial charge on any atom is -0.354 e. The Morgan fingerprint density at radius 2 is 2.26 bits per heavy atom. The lowest BCUT2D eigenvalue weighted by Crippen LogP contribution is -2.47. The van der Waals surface area contributed by atoms with Crippen LogP contribution in [0.25, 0.3) is 0 Å². The van der Waals surface area contributed by atoms with Gasteiger partial charge >= 0.3 is 0 Å². The third-order valence-corrected chi connectivity index (χ3v) is 3.93. The molecule has 2 N–H and O–H groups in total. The molecule has 0 aromatic carbocycles. The molecule has 1 aromatic rings. The van der Waals surface area contributed by atoms with E-state index < -0.39 is 6.04 Å². The van der Waals surface area contributed by atoms with Crippen LogP contribution in [0, 0.1) is 0 Å². The van der Waals surface area contributed by atoms with Gasteiger partial charge in [-0.3, -0.25) is 14.6 Å². The summed E-state index contributed by atoms with van der Waals surface area (Å²) in [7, 11) is 0. The van der Waals surface area contributed by atoms with Crippen molar-refractivity contribution in [1.29, 1.82) is 0 Å². The molecule has 1 fully saturated rings. The second-order valence-corrected chi connectivity index (χ2v) is 5.49. The Balaban J connectivity index is 1.76. The van der Waals surface area contributed by atoms with Crippen LogP contribution in [0.5, 0.6) is 0 Å². The maximum Gasteiger partial charge on any atom is 0.243 e. The van der Waals surface area contributed by atoms with Gasteiger partial charge in [0.15, 0.2) is 0 Å². The maximum absolute atomic E-state index is 11.9. The van der Waals surface area contributed by atoms with Gasteiger partial charge in [0.25, 0.3) is 0 Å². The van der Waals surface area contributed by atoms with Crippen LogP contribution in [-0.4, -0.2) is 40.9 Å². The zero-order valence-electron chi connectivity index (χ0n) is 10.6. The normalized spacial score (nSPS) is 19.4. The SMILES string of the molecule is O=C1CCSCC(C(=O)NCCc2ccncc2)N1. The van der Waals surface area contributed by atoms with E-state index in [0.29, 0.717) is 18.7 Å². The minimum absolute atomic E-state index is 0.0423. The smallest absolute Gasteiger partial charge is 0.243 e. The standard InChI is InChI=1S/C13H17N3O2S/c17-12-4-8-19-9-11(16-12)13(18)15-7-3-10-1-5-14-6-2-10/h1-2,5-6,11H,3-4,7-9H2,(H,15,18)(H,16,17). The van der Waals surface area contributed by atoms with Crippen molar-refractivity contribution in [1.82, 2.24) is 15.6 Å². The molecule has 102 valence electrons. The summed E-state index contributed by atoms with van der Waals surface area (Å²) in [5.74, 6) is 1.29. The molecule has 0 aliphatic carbocycles. The van der Waals surface area contributed by atoms with Crippen molar-refractivity contribution in [3.05, 3.63) is 30.1 Å². The molecular weight excluding hydrogens is 262 g/mol. The summed E-state index contributed by atoms with van der Waals surface area (Å²) in [4.78, 5) is 27.3. The molecule has 1 aliphatic rings. The fourth-order valence-corrected chi connectivity index (χ4v) is 2.78. The van der Waals surface area contributed by atoms with Crippen LogP contribution in [0.1, 0.15) is 12.0 Å². The lowest BCUT2D eigenvalue weighted by Gasteiger charge is -2.15. The van der Waals surface area contributed by atoms with Gasteiger partial charge < -0.3 is 10.6 Å². The van der Waals surface area contributed by atoms with E-state index in [4.69, 9.17) is 0 Å². The number of amides is 2. The van der Waals surface area contributed by atoms with Crippen molar-refractivity contribution in [2.24, 2.45) is 0 Å². The van der Waals surface area contributed by atoms with Crippen LogP contribution < -0.4 is 10.6 Å². The van der Waals surface area contributed by atoms with Crippen molar-refractivity contribution in [2.45, 2.75) is 18.9 Å². The molecule has 1 aromatic heterocycles. The first-order chi connectivity index (χ1) is 9.25. The number of hydrogen-bond donors (Lipinski definition) is 2. The van der Waals surface area contributed by atoms with Crippen molar-refractivity contribution in [3.8, 4) is 0 Å². The largest absolute Gasteiger partial charge is 0.354 e. The zero-order valence-corrected chi connectivity index (χ0v) is 11.4. The fourth-order valence-electron chi connectivity index (χ4n) is 1.82. The van der Waals surface area contributed by atoms with E-state index in [2.05, 4.69) is 15.6 Å². The van der Waals surface area contributed by atoms with Crippen LogP contribution in [0.15, 0.2) is 24.5 Å². The van der Waals surface area contributed by atoms with Crippen molar-refractivity contribution >= 4 is 23.6 Å². The van der Waals surface area contributed by atoms with Gasteiger partial charge in [-0.1, -0.05) is 0 Å². The summed E-state index contributed by atoms with van der Waals surface area (Å²) in [6.45, 7) is 0.569. The second kappa shape index (κ2) is 7.13. The van der Waals surface area contributed by atoms with E-state index in [0.717, 1.165) is 17.7 Å². The average molecular weight is 279 g/mol. The molecule has 1 aliphatic heterocycles. The van der Waals surface area contributed by atoms with Gasteiger partial charge in [0.2, 0.25) is 11.8 Å². The highest BCUT2D eigenvalue weighted by Crippen LogP contribution is 2.09. The molecule has 0 radical (unpaired) electrons. The Hall–Kier alpha value is -1.56. The first-order valence-corrected chi connectivity index (χ1v) is 7.45. The number of carbonyl (C=O) groups excluding carboxylic acids is 2. The molecule has 2 rings (SSSR count). The lowest BCUT2D eigenvalue weighted by atomic mass is 10.2. The highest BCUT2D eigenvalue weighted by Gasteiger charge is 2.22.